The first-order valence-corrected chi connectivity index (χ1v) is 6.68. The van der Waals surface area contributed by atoms with E-state index in [1.54, 1.807) is 0 Å². The number of hydrogen-bond acceptors (Lipinski definition) is 2. The van der Waals surface area contributed by atoms with Crippen LogP contribution in [0, 0.1) is 0 Å². The zero-order chi connectivity index (χ0) is 11.8. The van der Waals surface area contributed by atoms with E-state index in [4.69, 9.17) is 9.47 Å². The second-order valence-corrected chi connectivity index (χ2v) is 4.67. The Balaban J connectivity index is 1.38. The van der Waals surface area contributed by atoms with Crippen LogP contribution in [0.15, 0.2) is 30.3 Å². The van der Waals surface area contributed by atoms with Gasteiger partial charge in [-0.05, 0) is 37.7 Å². The van der Waals surface area contributed by atoms with Gasteiger partial charge in [-0.25, -0.2) is 0 Å². The molecule has 0 bridgehead atoms. The van der Waals surface area contributed by atoms with Gasteiger partial charge in [-0.2, -0.15) is 0 Å². The molecule has 1 aliphatic carbocycles. The normalized spacial score (nSPS) is 15.1. The summed E-state index contributed by atoms with van der Waals surface area (Å²) < 4.78 is 11.2. The Labute approximate surface area is 104 Å². The molecule has 2 nitrogen and oxygen atoms in total. The molecule has 1 aliphatic rings. The molecule has 0 atom stereocenters. The van der Waals surface area contributed by atoms with Gasteiger partial charge in [0.1, 0.15) is 0 Å². The maximum atomic E-state index is 5.62. The quantitative estimate of drug-likeness (QED) is 0.608. The van der Waals surface area contributed by atoms with Gasteiger partial charge in [0.05, 0.1) is 12.7 Å². The fourth-order valence-corrected chi connectivity index (χ4v) is 1.73. The molecule has 2 rings (SSSR count). The van der Waals surface area contributed by atoms with Gasteiger partial charge in [0, 0.05) is 13.2 Å². The number of benzene rings is 1. The average molecular weight is 234 g/mol. The second-order valence-electron chi connectivity index (χ2n) is 4.67. The fraction of sp³-hybridized carbons (Fsp3) is 0.600. The molecule has 1 aromatic rings. The van der Waals surface area contributed by atoms with E-state index in [1.807, 2.05) is 18.2 Å². The Morgan fingerprint density at radius 3 is 2.47 bits per heavy atom. The van der Waals surface area contributed by atoms with E-state index in [1.165, 1.54) is 31.2 Å². The molecule has 1 aromatic carbocycles. The Kier molecular flexibility index (Phi) is 5.53. The summed E-state index contributed by atoms with van der Waals surface area (Å²) in [5, 5.41) is 0. The third-order valence-electron chi connectivity index (χ3n) is 2.92. The largest absolute Gasteiger partial charge is 0.378 e. The van der Waals surface area contributed by atoms with E-state index in [0.29, 0.717) is 6.10 Å². The molecule has 0 amide bonds. The first kappa shape index (κ1) is 12.6. The Hall–Kier alpha value is -0.860. The van der Waals surface area contributed by atoms with Crippen LogP contribution in [0.25, 0.3) is 0 Å². The lowest BCUT2D eigenvalue weighted by Gasteiger charge is -2.05. The average Bonchev–Trinajstić information content (AvgIpc) is 3.18. The van der Waals surface area contributed by atoms with Crippen LogP contribution >= 0.6 is 0 Å². The van der Waals surface area contributed by atoms with Crippen LogP contribution in [0.1, 0.15) is 37.7 Å². The van der Waals surface area contributed by atoms with Gasteiger partial charge in [0.25, 0.3) is 0 Å². The molecule has 0 saturated heterocycles. The van der Waals surface area contributed by atoms with Crippen molar-refractivity contribution in [2.45, 2.75) is 44.8 Å². The van der Waals surface area contributed by atoms with Gasteiger partial charge >= 0.3 is 0 Å². The molecule has 0 aliphatic heterocycles. The molecule has 0 unspecified atom stereocenters. The lowest BCUT2D eigenvalue weighted by atomic mass is 10.2. The van der Waals surface area contributed by atoms with Gasteiger partial charge in [-0.3, -0.25) is 0 Å². The van der Waals surface area contributed by atoms with Gasteiger partial charge in [0.15, 0.2) is 0 Å². The van der Waals surface area contributed by atoms with Crippen LogP contribution in [0.5, 0.6) is 0 Å². The fourth-order valence-electron chi connectivity index (χ4n) is 1.73. The summed E-state index contributed by atoms with van der Waals surface area (Å²) in [6.07, 6.45) is 6.68. The van der Waals surface area contributed by atoms with Gasteiger partial charge in [0.2, 0.25) is 0 Å². The minimum atomic E-state index is 0.601. The van der Waals surface area contributed by atoms with Crippen LogP contribution in [0.4, 0.5) is 0 Å². The first-order chi connectivity index (χ1) is 8.45. The van der Waals surface area contributed by atoms with Crippen molar-refractivity contribution in [1.82, 2.24) is 0 Å². The lowest BCUT2D eigenvalue weighted by Crippen LogP contribution is -1.99. The lowest BCUT2D eigenvalue weighted by molar-refractivity contribution is 0.101. The van der Waals surface area contributed by atoms with Crippen LogP contribution in [0.3, 0.4) is 0 Å². The predicted molar refractivity (Wildman–Crippen MR) is 68.9 cm³/mol. The highest BCUT2D eigenvalue weighted by Crippen LogP contribution is 2.23. The summed E-state index contributed by atoms with van der Waals surface area (Å²) in [6.45, 7) is 2.53. The molecule has 0 heterocycles. The van der Waals surface area contributed by atoms with Crippen LogP contribution in [-0.4, -0.2) is 19.3 Å². The SMILES string of the molecule is c1ccc(COCCCCCOC2CC2)cc1. The predicted octanol–water partition coefficient (Wildman–Crippen LogP) is 3.55. The third-order valence-corrected chi connectivity index (χ3v) is 2.92. The number of rotatable bonds is 9. The highest BCUT2D eigenvalue weighted by molar-refractivity contribution is 5.13. The van der Waals surface area contributed by atoms with Crippen molar-refractivity contribution < 1.29 is 9.47 Å². The monoisotopic (exact) mass is 234 g/mol. The molecule has 0 spiro atoms. The summed E-state index contributed by atoms with van der Waals surface area (Å²) in [7, 11) is 0. The molecular weight excluding hydrogens is 212 g/mol. The van der Waals surface area contributed by atoms with Crippen molar-refractivity contribution in [2.24, 2.45) is 0 Å². The zero-order valence-electron chi connectivity index (χ0n) is 10.4. The second kappa shape index (κ2) is 7.46. The first-order valence-electron chi connectivity index (χ1n) is 6.68. The molecule has 94 valence electrons. The van der Waals surface area contributed by atoms with E-state index in [0.717, 1.165) is 26.2 Å². The van der Waals surface area contributed by atoms with Gasteiger partial charge < -0.3 is 9.47 Å². The van der Waals surface area contributed by atoms with E-state index in [-0.39, 0.29) is 0 Å². The third kappa shape index (κ3) is 5.85. The maximum absolute atomic E-state index is 5.62. The van der Waals surface area contributed by atoms with Crippen molar-refractivity contribution in [1.29, 1.82) is 0 Å². The Morgan fingerprint density at radius 2 is 1.71 bits per heavy atom. The molecule has 1 saturated carbocycles. The van der Waals surface area contributed by atoms with Crippen LogP contribution in [0.2, 0.25) is 0 Å². The highest BCUT2D eigenvalue weighted by Gasteiger charge is 2.21. The molecule has 0 aromatic heterocycles. The van der Waals surface area contributed by atoms with Gasteiger partial charge in [-0.1, -0.05) is 30.3 Å². The minimum absolute atomic E-state index is 0.601. The van der Waals surface area contributed by atoms with E-state index in [9.17, 15) is 0 Å². The highest BCUT2D eigenvalue weighted by atomic mass is 16.5. The topological polar surface area (TPSA) is 18.5 Å². The van der Waals surface area contributed by atoms with Crippen molar-refractivity contribution >= 4 is 0 Å². The standard InChI is InChI=1S/C15H22O2/c1-3-7-14(8-4-1)13-16-11-5-2-6-12-17-15-9-10-15/h1,3-4,7-8,15H,2,5-6,9-13H2. The molecule has 2 heteroatoms. The number of hydrogen-bond donors (Lipinski definition) is 0. The Morgan fingerprint density at radius 1 is 0.941 bits per heavy atom. The van der Waals surface area contributed by atoms with E-state index < -0.39 is 0 Å². The number of unbranched alkanes of at least 4 members (excludes halogenated alkanes) is 2. The van der Waals surface area contributed by atoms with E-state index in [2.05, 4.69) is 12.1 Å². The maximum Gasteiger partial charge on any atom is 0.0716 e. The molecular formula is C15H22O2. The summed E-state index contributed by atoms with van der Waals surface area (Å²) in [5.74, 6) is 0. The zero-order valence-corrected chi connectivity index (χ0v) is 10.4. The Bertz CT molecular complexity index is 293. The van der Waals surface area contributed by atoms with Crippen molar-refractivity contribution in [3.05, 3.63) is 35.9 Å². The summed E-state index contributed by atoms with van der Waals surface area (Å²) in [4.78, 5) is 0. The summed E-state index contributed by atoms with van der Waals surface area (Å²) in [6, 6.07) is 10.3. The summed E-state index contributed by atoms with van der Waals surface area (Å²) >= 11 is 0. The number of ether oxygens (including phenoxy) is 2. The molecule has 0 radical (unpaired) electrons. The van der Waals surface area contributed by atoms with Gasteiger partial charge in [-0.15, -0.1) is 0 Å². The summed E-state index contributed by atoms with van der Waals surface area (Å²) in [5.41, 5.74) is 1.25. The molecule has 1 fully saturated rings. The van der Waals surface area contributed by atoms with Crippen LogP contribution in [-0.2, 0) is 16.1 Å². The van der Waals surface area contributed by atoms with Crippen molar-refractivity contribution in [3.8, 4) is 0 Å². The van der Waals surface area contributed by atoms with Crippen molar-refractivity contribution in [3.63, 3.8) is 0 Å². The molecule has 0 N–H and O–H groups in total. The molecule has 17 heavy (non-hydrogen) atoms. The minimum Gasteiger partial charge on any atom is -0.378 e. The van der Waals surface area contributed by atoms with Crippen molar-refractivity contribution in [2.75, 3.05) is 13.2 Å². The van der Waals surface area contributed by atoms with E-state index >= 15 is 0 Å². The smallest absolute Gasteiger partial charge is 0.0716 e. The van der Waals surface area contributed by atoms with Crippen LogP contribution < -0.4 is 0 Å².